The first-order valence-corrected chi connectivity index (χ1v) is 20.7. The lowest BCUT2D eigenvalue weighted by Gasteiger charge is -2.34. The second-order valence-corrected chi connectivity index (χ2v) is 16.3. The number of amides is 1. The maximum Gasteiger partial charge on any atom is 0.254 e. The van der Waals surface area contributed by atoms with Gasteiger partial charge in [0.05, 0.1) is 37.6 Å². The zero-order chi connectivity index (χ0) is 41.3. The van der Waals surface area contributed by atoms with Crippen molar-refractivity contribution >= 4 is 51.5 Å². The van der Waals surface area contributed by atoms with Gasteiger partial charge in [-0.15, -0.1) is 0 Å². The van der Waals surface area contributed by atoms with Crippen LogP contribution in [0.3, 0.4) is 0 Å². The quantitative estimate of drug-likeness (QED) is 0.152. The van der Waals surface area contributed by atoms with Gasteiger partial charge in [0, 0.05) is 38.9 Å². The van der Waals surface area contributed by atoms with Crippen molar-refractivity contribution in [3.05, 3.63) is 35.9 Å². The number of aromatic nitrogens is 10. The number of aliphatic hydroxyl groups excluding tert-OH is 2. The van der Waals surface area contributed by atoms with Crippen molar-refractivity contribution in [1.82, 2.24) is 54.1 Å². The lowest BCUT2D eigenvalue weighted by Crippen LogP contribution is -2.37. The fourth-order valence-electron chi connectivity index (χ4n) is 9.40. The lowest BCUT2D eigenvalue weighted by atomic mass is 9.94. The maximum absolute atomic E-state index is 11.9. The SMILES string of the molecule is CNC(=O)c1cnn(-c2nc(N)c3ncn([C@@H]4O[C@H](CO)[C@@H]5OC6(CCCCC6)OC54)c3n2)c1.Nc1nc(Cl)nc2c1ncn2[C@@H]1O[C@H](CO)[C@@H]2OC3(CCCCC3)OC21. The van der Waals surface area contributed by atoms with Crippen molar-refractivity contribution in [3.63, 3.8) is 0 Å². The summed E-state index contributed by atoms with van der Waals surface area (Å²) in [5, 5.41) is 26.5. The zero-order valence-electron chi connectivity index (χ0n) is 32.7. The van der Waals surface area contributed by atoms with E-state index in [4.69, 9.17) is 51.5 Å². The normalized spacial score (nSPS) is 30.2. The van der Waals surface area contributed by atoms with Gasteiger partial charge in [0.2, 0.25) is 5.28 Å². The summed E-state index contributed by atoms with van der Waals surface area (Å²) in [5.74, 6) is -0.936. The largest absolute Gasteiger partial charge is 0.394 e. The highest BCUT2D eigenvalue weighted by molar-refractivity contribution is 6.28. The van der Waals surface area contributed by atoms with Gasteiger partial charge < -0.3 is 55.4 Å². The van der Waals surface area contributed by atoms with Gasteiger partial charge in [0.15, 0.2) is 47.0 Å². The number of nitrogens with one attached hydrogen (secondary N) is 1. The summed E-state index contributed by atoms with van der Waals surface area (Å²) < 4.78 is 42.5. The predicted molar refractivity (Wildman–Crippen MR) is 208 cm³/mol. The topological polar surface area (TPSA) is 282 Å². The molecule has 8 atom stereocenters. The Labute approximate surface area is 346 Å². The molecule has 23 heteroatoms. The molecule has 2 unspecified atom stereocenters. The van der Waals surface area contributed by atoms with Crippen LogP contribution in [-0.2, 0) is 28.4 Å². The Morgan fingerprint density at radius 3 is 1.78 bits per heavy atom. The molecule has 5 aromatic heterocycles. The van der Waals surface area contributed by atoms with Crippen LogP contribution >= 0.6 is 11.6 Å². The van der Waals surface area contributed by atoms with Gasteiger partial charge in [-0.1, -0.05) is 12.8 Å². The molecule has 2 saturated carbocycles. The third-order valence-corrected chi connectivity index (χ3v) is 12.4. The molecule has 5 aromatic rings. The molecule has 0 bridgehead atoms. The average Bonchev–Trinajstić information content (AvgIpc) is 4.12. The highest BCUT2D eigenvalue weighted by atomic mass is 35.5. The van der Waals surface area contributed by atoms with E-state index < -0.39 is 48.4 Å². The molecule has 320 valence electrons. The third-order valence-electron chi connectivity index (χ3n) is 12.2. The molecular weight excluding hydrogens is 806 g/mol. The van der Waals surface area contributed by atoms with Crippen LogP contribution in [0.5, 0.6) is 0 Å². The summed E-state index contributed by atoms with van der Waals surface area (Å²) in [7, 11) is 1.54. The van der Waals surface area contributed by atoms with Crippen molar-refractivity contribution in [2.75, 3.05) is 31.7 Å². The van der Waals surface area contributed by atoms with Gasteiger partial charge in [0.25, 0.3) is 11.9 Å². The first kappa shape index (κ1) is 39.5. The third kappa shape index (κ3) is 6.64. The minimum absolute atomic E-state index is 0.0392. The van der Waals surface area contributed by atoms with Crippen LogP contribution < -0.4 is 16.8 Å². The molecule has 2 aliphatic carbocycles. The molecule has 11 rings (SSSR count). The van der Waals surface area contributed by atoms with Crippen molar-refractivity contribution in [2.24, 2.45) is 0 Å². The van der Waals surface area contributed by atoms with Crippen LogP contribution in [0.2, 0.25) is 5.28 Å². The zero-order valence-corrected chi connectivity index (χ0v) is 33.4. The van der Waals surface area contributed by atoms with Gasteiger partial charge in [-0.2, -0.15) is 25.0 Å². The Balaban J connectivity index is 0.000000149. The van der Waals surface area contributed by atoms with E-state index >= 15 is 0 Å². The fraction of sp³-hybridized carbons (Fsp3) is 0.622. The van der Waals surface area contributed by atoms with Gasteiger partial charge in [-0.3, -0.25) is 13.9 Å². The number of nitrogens with zero attached hydrogens (tertiary/aromatic N) is 10. The number of rotatable bonds is 6. The van der Waals surface area contributed by atoms with E-state index in [9.17, 15) is 15.0 Å². The van der Waals surface area contributed by atoms with Crippen molar-refractivity contribution in [1.29, 1.82) is 0 Å². The van der Waals surface area contributed by atoms with Crippen LogP contribution in [0.4, 0.5) is 11.6 Å². The molecule has 22 nitrogen and oxygen atoms in total. The molecule has 0 radical (unpaired) electrons. The molecule has 6 aliphatic rings. The number of nitrogens with two attached hydrogens (primary N) is 2. The monoisotopic (exact) mass is 851 g/mol. The number of halogens is 1. The number of hydrogen-bond acceptors (Lipinski definition) is 18. The molecule has 4 saturated heterocycles. The molecule has 4 aliphatic heterocycles. The second kappa shape index (κ2) is 15.4. The predicted octanol–water partition coefficient (Wildman–Crippen LogP) is 1.68. The Kier molecular flexibility index (Phi) is 10.1. The first-order chi connectivity index (χ1) is 29.1. The van der Waals surface area contributed by atoms with E-state index in [1.165, 1.54) is 23.5 Å². The summed E-state index contributed by atoms with van der Waals surface area (Å²) in [5.41, 5.74) is 14.2. The summed E-state index contributed by atoms with van der Waals surface area (Å²) >= 11 is 5.96. The van der Waals surface area contributed by atoms with E-state index in [0.717, 1.165) is 57.8 Å². The number of anilines is 2. The molecule has 6 fully saturated rings. The summed E-state index contributed by atoms with van der Waals surface area (Å²) in [6, 6.07) is 0. The Bertz CT molecular complexity index is 2400. The fourth-order valence-corrected chi connectivity index (χ4v) is 9.57. The van der Waals surface area contributed by atoms with E-state index in [1.54, 1.807) is 28.8 Å². The van der Waals surface area contributed by atoms with Crippen molar-refractivity contribution < 1.29 is 43.4 Å². The van der Waals surface area contributed by atoms with Crippen molar-refractivity contribution in [3.8, 4) is 5.95 Å². The molecule has 60 heavy (non-hydrogen) atoms. The summed E-state index contributed by atoms with van der Waals surface area (Å²) in [4.78, 5) is 37.7. The van der Waals surface area contributed by atoms with Crippen LogP contribution in [0.1, 0.15) is 87.0 Å². The summed E-state index contributed by atoms with van der Waals surface area (Å²) in [6.07, 6.45) is 12.3. The van der Waals surface area contributed by atoms with Crippen LogP contribution in [0.15, 0.2) is 25.0 Å². The smallest absolute Gasteiger partial charge is 0.254 e. The second-order valence-electron chi connectivity index (χ2n) is 16.0. The standard InChI is InChI=1S/C21H26N8O5.C16H20ClN5O4/c1-23-18(31)11-7-25-29(8-11)20-26-16(22)13-17(27-20)28(10-24-13)19-15-14(12(9-30)32-19)33-21(34-15)5-3-2-4-6-21;17-15-20-12(18)9-13(21-15)22(7-19-9)14-11-10(8(6-23)24-14)25-16(26-11)4-2-1-3-5-16/h7-8,10,12,14-15,19,30H,2-6,9H2,1H3,(H,23,31)(H2,22,26,27);7-8,10-11,14,23H,1-6H2,(H2,18,20,21)/t12-,14+,15?,19-;8-,10+,11?,14-/m11/s1. The highest BCUT2D eigenvalue weighted by Crippen LogP contribution is 2.50. The van der Waals surface area contributed by atoms with Gasteiger partial charge >= 0.3 is 0 Å². The number of hydrogen-bond donors (Lipinski definition) is 5. The van der Waals surface area contributed by atoms with Gasteiger partial charge in [-0.05, 0) is 37.3 Å². The number of fused-ring (bicyclic) bond motifs is 4. The number of nitrogen functional groups attached to an aromatic ring is 2. The molecule has 9 heterocycles. The number of imidazole rings is 2. The van der Waals surface area contributed by atoms with Crippen LogP contribution in [0.25, 0.3) is 28.3 Å². The summed E-state index contributed by atoms with van der Waals surface area (Å²) in [6.45, 7) is -0.344. The molecule has 7 N–H and O–H groups in total. The highest BCUT2D eigenvalue weighted by Gasteiger charge is 2.60. The Hall–Kier alpha value is -4.65. The van der Waals surface area contributed by atoms with Gasteiger partial charge in [0.1, 0.15) is 47.7 Å². The molecule has 0 aromatic carbocycles. The first-order valence-electron chi connectivity index (χ1n) is 20.3. The van der Waals surface area contributed by atoms with E-state index in [-0.39, 0.29) is 54.2 Å². The number of carbonyl (C=O) groups excluding carboxylic acids is 1. The number of aliphatic hydroxyl groups is 2. The van der Waals surface area contributed by atoms with E-state index in [0.29, 0.717) is 27.9 Å². The number of carbonyl (C=O) groups is 1. The van der Waals surface area contributed by atoms with Crippen molar-refractivity contribution in [2.45, 2.75) is 125 Å². The van der Waals surface area contributed by atoms with E-state index in [2.05, 4.69) is 40.3 Å². The number of ether oxygens (including phenoxy) is 6. The molecular formula is C37H46ClN13O9. The van der Waals surface area contributed by atoms with E-state index in [1.807, 2.05) is 0 Å². The molecule has 1 amide bonds. The van der Waals surface area contributed by atoms with Gasteiger partial charge in [-0.25, -0.2) is 14.6 Å². The molecule has 2 spiro atoms. The maximum atomic E-state index is 11.9. The minimum Gasteiger partial charge on any atom is -0.394 e. The minimum atomic E-state index is -0.635. The average molecular weight is 852 g/mol. The Morgan fingerprint density at radius 1 is 0.767 bits per heavy atom. The Morgan fingerprint density at radius 2 is 1.27 bits per heavy atom. The lowest BCUT2D eigenvalue weighted by molar-refractivity contribution is -0.233. The van der Waals surface area contributed by atoms with Crippen LogP contribution in [0, 0.1) is 0 Å². The van der Waals surface area contributed by atoms with Crippen LogP contribution in [-0.4, -0.2) is 133 Å².